The minimum Gasteiger partial charge on any atom is -0.343 e. The van der Waals surface area contributed by atoms with Gasteiger partial charge in [0.25, 0.3) is 5.91 Å². The standard InChI is InChI=1S/C19H23N3O3/c1-13(23)11-20-19(25)17-18(24)15-9-5-6-10-16(15)22(21-17)12-14-7-3-2-4-8-14/h5-6,9-10,14H,2-4,7-8,11-12H2,1H3,(H,20,25). The van der Waals surface area contributed by atoms with E-state index >= 15 is 0 Å². The number of nitrogens with one attached hydrogen (secondary N) is 1. The molecule has 6 nitrogen and oxygen atoms in total. The lowest BCUT2D eigenvalue weighted by Gasteiger charge is -2.23. The fourth-order valence-corrected chi connectivity index (χ4v) is 3.43. The Kier molecular flexibility index (Phi) is 5.26. The second-order valence-corrected chi connectivity index (χ2v) is 6.77. The van der Waals surface area contributed by atoms with Gasteiger partial charge in [-0.3, -0.25) is 19.1 Å². The normalized spacial score (nSPS) is 15.2. The highest BCUT2D eigenvalue weighted by Gasteiger charge is 2.20. The molecule has 0 atom stereocenters. The van der Waals surface area contributed by atoms with E-state index in [1.54, 1.807) is 16.8 Å². The Labute approximate surface area is 146 Å². The highest BCUT2D eigenvalue weighted by Crippen LogP contribution is 2.25. The van der Waals surface area contributed by atoms with Crippen LogP contribution in [0, 0.1) is 5.92 Å². The van der Waals surface area contributed by atoms with Crippen molar-refractivity contribution in [1.29, 1.82) is 0 Å². The van der Waals surface area contributed by atoms with Gasteiger partial charge < -0.3 is 5.32 Å². The maximum absolute atomic E-state index is 12.6. The molecule has 1 saturated carbocycles. The van der Waals surface area contributed by atoms with Crippen LogP contribution in [-0.4, -0.2) is 28.0 Å². The van der Waals surface area contributed by atoms with Crippen molar-refractivity contribution in [1.82, 2.24) is 15.1 Å². The summed E-state index contributed by atoms with van der Waals surface area (Å²) in [5, 5.41) is 7.31. The number of ketones is 1. The molecule has 25 heavy (non-hydrogen) atoms. The van der Waals surface area contributed by atoms with E-state index in [4.69, 9.17) is 0 Å². The summed E-state index contributed by atoms with van der Waals surface area (Å²) in [6.45, 7) is 1.98. The summed E-state index contributed by atoms with van der Waals surface area (Å²) in [4.78, 5) is 36.0. The molecule has 1 aromatic carbocycles. The summed E-state index contributed by atoms with van der Waals surface area (Å²) >= 11 is 0. The number of nitrogens with zero attached hydrogens (tertiary/aromatic N) is 2. The number of benzene rings is 1. The third kappa shape index (κ3) is 3.95. The van der Waals surface area contributed by atoms with Crippen molar-refractivity contribution in [2.75, 3.05) is 6.54 Å². The summed E-state index contributed by atoms with van der Waals surface area (Å²) in [6.07, 6.45) is 6.00. The van der Waals surface area contributed by atoms with E-state index in [-0.39, 0.29) is 18.0 Å². The lowest BCUT2D eigenvalue weighted by atomic mass is 9.89. The van der Waals surface area contributed by atoms with Gasteiger partial charge in [-0.2, -0.15) is 5.10 Å². The molecule has 0 saturated heterocycles. The van der Waals surface area contributed by atoms with Crippen LogP contribution in [0.15, 0.2) is 29.1 Å². The third-order valence-electron chi connectivity index (χ3n) is 4.73. The number of aromatic nitrogens is 2. The lowest BCUT2D eigenvalue weighted by Crippen LogP contribution is -2.35. The molecule has 1 amide bonds. The summed E-state index contributed by atoms with van der Waals surface area (Å²) in [7, 11) is 0. The van der Waals surface area contributed by atoms with Gasteiger partial charge in [0.1, 0.15) is 5.78 Å². The Bertz CT molecular complexity index is 851. The largest absolute Gasteiger partial charge is 0.343 e. The van der Waals surface area contributed by atoms with E-state index in [0.717, 1.165) is 18.4 Å². The molecule has 0 radical (unpaired) electrons. The van der Waals surface area contributed by atoms with E-state index in [9.17, 15) is 14.4 Å². The summed E-state index contributed by atoms with van der Waals surface area (Å²) in [5.74, 6) is -0.250. The van der Waals surface area contributed by atoms with Crippen LogP contribution in [0.4, 0.5) is 0 Å². The molecule has 2 aromatic rings. The van der Waals surface area contributed by atoms with E-state index in [2.05, 4.69) is 10.4 Å². The Balaban J connectivity index is 1.99. The number of hydrogen-bond acceptors (Lipinski definition) is 4. The number of para-hydroxylation sites is 1. The smallest absolute Gasteiger partial charge is 0.276 e. The predicted octanol–water partition coefficient (Wildman–Crippen LogP) is 2.30. The molecule has 3 rings (SSSR count). The van der Waals surface area contributed by atoms with Crippen molar-refractivity contribution in [3.63, 3.8) is 0 Å². The molecule has 1 aliphatic rings. The molecule has 1 heterocycles. The topological polar surface area (TPSA) is 81.1 Å². The molecule has 1 aliphatic carbocycles. The van der Waals surface area contributed by atoms with Crippen LogP contribution in [0.3, 0.4) is 0 Å². The first-order chi connectivity index (χ1) is 12.1. The SMILES string of the molecule is CC(=O)CNC(=O)c1nn(CC2CCCCC2)c2ccccc2c1=O. The molecule has 6 heteroatoms. The van der Waals surface area contributed by atoms with Crippen LogP contribution in [0.1, 0.15) is 49.5 Å². The summed E-state index contributed by atoms with van der Waals surface area (Å²) < 4.78 is 1.79. The van der Waals surface area contributed by atoms with Gasteiger partial charge in [0, 0.05) is 11.9 Å². The average molecular weight is 341 g/mol. The van der Waals surface area contributed by atoms with Gasteiger partial charge in [-0.15, -0.1) is 0 Å². The number of carbonyl (C=O) groups is 2. The molecule has 0 unspecified atom stereocenters. The number of fused-ring (bicyclic) bond motifs is 1. The fourth-order valence-electron chi connectivity index (χ4n) is 3.43. The van der Waals surface area contributed by atoms with Crippen LogP contribution >= 0.6 is 0 Å². The second-order valence-electron chi connectivity index (χ2n) is 6.77. The maximum atomic E-state index is 12.6. The van der Waals surface area contributed by atoms with Gasteiger partial charge in [0.15, 0.2) is 5.69 Å². The van der Waals surface area contributed by atoms with Gasteiger partial charge in [0.05, 0.1) is 12.1 Å². The number of hydrogen-bond donors (Lipinski definition) is 1. The molecular weight excluding hydrogens is 318 g/mol. The second kappa shape index (κ2) is 7.59. The molecule has 1 fully saturated rings. The Morgan fingerprint density at radius 1 is 1.20 bits per heavy atom. The highest BCUT2D eigenvalue weighted by atomic mass is 16.2. The van der Waals surface area contributed by atoms with E-state index < -0.39 is 11.3 Å². The highest BCUT2D eigenvalue weighted by molar-refractivity contribution is 5.97. The minimum absolute atomic E-state index is 0.102. The number of carbonyl (C=O) groups excluding carboxylic acids is 2. The lowest BCUT2D eigenvalue weighted by molar-refractivity contribution is -0.116. The van der Waals surface area contributed by atoms with Crippen LogP contribution in [0.2, 0.25) is 0 Å². The first-order valence-electron chi connectivity index (χ1n) is 8.84. The Morgan fingerprint density at radius 2 is 1.92 bits per heavy atom. The molecule has 0 bridgehead atoms. The summed E-state index contributed by atoms with van der Waals surface area (Å²) in [6, 6.07) is 7.24. The third-order valence-corrected chi connectivity index (χ3v) is 4.73. The van der Waals surface area contributed by atoms with Crippen LogP contribution in [-0.2, 0) is 11.3 Å². The van der Waals surface area contributed by atoms with Gasteiger partial charge in [-0.25, -0.2) is 0 Å². The van der Waals surface area contributed by atoms with Gasteiger partial charge in [-0.1, -0.05) is 31.4 Å². The zero-order chi connectivity index (χ0) is 17.8. The van der Waals surface area contributed by atoms with Gasteiger partial charge >= 0.3 is 0 Å². The van der Waals surface area contributed by atoms with Crippen molar-refractivity contribution >= 4 is 22.6 Å². The van der Waals surface area contributed by atoms with Crippen molar-refractivity contribution < 1.29 is 9.59 Å². The van der Waals surface area contributed by atoms with Crippen LogP contribution in [0.5, 0.6) is 0 Å². The van der Waals surface area contributed by atoms with Crippen molar-refractivity contribution in [2.24, 2.45) is 5.92 Å². The molecule has 1 N–H and O–H groups in total. The zero-order valence-electron chi connectivity index (χ0n) is 14.5. The Morgan fingerprint density at radius 3 is 2.64 bits per heavy atom. The molecular formula is C19H23N3O3. The quantitative estimate of drug-likeness (QED) is 0.905. The van der Waals surface area contributed by atoms with Crippen LogP contribution < -0.4 is 10.7 Å². The molecule has 0 spiro atoms. The average Bonchev–Trinajstić information content (AvgIpc) is 2.63. The van der Waals surface area contributed by atoms with E-state index in [1.165, 1.54) is 26.2 Å². The maximum Gasteiger partial charge on any atom is 0.276 e. The van der Waals surface area contributed by atoms with Crippen LogP contribution in [0.25, 0.3) is 10.9 Å². The van der Waals surface area contributed by atoms with Gasteiger partial charge in [-0.05, 0) is 37.8 Å². The fraction of sp³-hybridized carbons (Fsp3) is 0.474. The zero-order valence-corrected chi connectivity index (χ0v) is 14.5. The minimum atomic E-state index is -0.594. The van der Waals surface area contributed by atoms with Gasteiger partial charge in [0.2, 0.25) is 5.43 Å². The molecule has 0 aliphatic heterocycles. The summed E-state index contributed by atoms with van der Waals surface area (Å²) in [5.41, 5.74) is 0.216. The monoisotopic (exact) mass is 341 g/mol. The number of Topliss-reactive ketones (excluding diaryl/α,β-unsaturated/α-hetero) is 1. The van der Waals surface area contributed by atoms with Crippen molar-refractivity contribution in [2.45, 2.75) is 45.6 Å². The first kappa shape index (κ1) is 17.3. The predicted molar refractivity (Wildman–Crippen MR) is 95.6 cm³/mol. The van der Waals surface area contributed by atoms with Crippen molar-refractivity contribution in [3.05, 3.63) is 40.2 Å². The van der Waals surface area contributed by atoms with E-state index in [1.807, 2.05) is 12.1 Å². The van der Waals surface area contributed by atoms with E-state index in [0.29, 0.717) is 17.8 Å². The number of amides is 1. The first-order valence-corrected chi connectivity index (χ1v) is 8.84. The molecule has 132 valence electrons. The van der Waals surface area contributed by atoms with Crippen molar-refractivity contribution in [3.8, 4) is 0 Å². The number of rotatable bonds is 5. The molecule has 1 aromatic heterocycles. The Hall–Kier alpha value is -2.50.